The number of phenolic OH excluding ortho intramolecular Hbond substituents is 1. The molecule has 0 saturated carbocycles. The lowest BCUT2D eigenvalue weighted by atomic mass is 9.56. The molecular formula is C20H32N2O2+2. The number of piperidine rings is 2. The van der Waals surface area contributed by atoms with Gasteiger partial charge in [-0.15, -0.1) is 0 Å². The number of aliphatic hydroxyl groups is 1. The lowest BCUT2D eigenvalue weighted by Crippen LogP contribution is -3.41. The van der Waals surface area contributed by atoms with E-state index in [1.165, 1.54) is 5.56 Å². The van der Waals surface area contributed by atoms with Crippen LogP contribution < -0.4 is 9.80 Å². The Kier molecular flexibility index (Phi) is 3.90. The van der Waals surface area contributed by atoms with Gasteiger partial charge in [-0.25, -0.2) is 0 Å². The number of nitrogens with one attached hydrogen (secondary N) is 2. The second-order valence-corrected chi connectivity index (χ2v) is 8.68. The van der Waals surface area contributed by atoms with Gasteiger partial charge >= 0.3 is 0 Å². The molecule has 4 fully saturated rings. The summed E-state index contributed by atoms with van der Waals surface area (Å²) in [5, 5.41) is 20.9. The van der Waals surface area contributed by atoms with Gasteiger partial charge in [0.05, 0.1) is 48.7 Å². The number of hydrogen-bond acceptors (Lipinski definition) is 2. The molecule has 4 N–H and O–H groups in total. The van der Waals surface area contributed by atoms with Crippen LogP contribution in [-0.2, 0) is 0 Å². The summed E-state index contributed by atoms with van der Waals surface area (Å²) < 4.78 is 0. The minimum absolute atomic E-state index is 0.110. The van der Waals surface area contributed by atoms with Crippen LogP contribution in [0.4, 0.5) is 0 Å². The Morgan fingerprint density at radius 1 is 0.917 bits per heavy atom. The van der Waals surface area contributed by atoms with Crippen molar-refractivity contribution >= 4 is 0 Å². The molecule has 0 aromatic heterocycles. The fourth-order valence-electron chi connectivity index (χ4n) is 6.55. The minimum atomic E-state index is -0.127. The highest BCUT2D eigenvalue weighted by Crippen LogP contribution is 2.45. The van der Waals surface area contributed by atoms with E-state index in [4.69, 9.17) is 0 Å². The Labute approximate surface area is 145 Å². The molecule has 4 bridgehead atoms. The quantitative estimate of drug-likeness (QED) is 0.620. The third-order valence-corrected chi connectivity index (χ3v) is 7.02. The van der Waals surface area contributed by atoms with Gasteiger partial charge in [0.2, 0.25) is 6.17 Å². The predicted molar refractivity (Wildman–Crippen MR) is 92.9 cm³/mol. The summed E-state index contributed by atoms with van der Waals surface area (Å²) in [5.41, 5.74) is 1.56. The van der Waals surface area contributed by atoms with Crippen molar-refractivity contribution in [2.75, 3.05) is 26.2 Å². The molecule has 0 amide bonds. The van der Waals surface area contributed by atoms with Crippen LogP contribution in [0.25, 0.3) is 0 Å². The van der Waals surface area contributed by atoms with E-state index in [0.29, 0.717) is 11.9 Å². The molecule has 24 heavy (non-hydrogen) atoms. The topological polar surface area (TPSA) is 49.3 Å². The largest absolute Gasteiger partial charge is 0.508 e. The van der Waals surface area contributed by atoms with Gasteiger partial charge in [0.25, 0.3) is 0 Å². The Hall–Kier alpha value is -1.10. The first kappa shape index (κ1) is 16.4. The van der Waals surface area contributed by atoms with E-state index >= 15 is 0 Å². The molecule has 0 radical (unpaired) electrons. The van der Waals surface area contributed by atoms with Crippen LogP contribution >= 0.6 is 0 Å². The van der Waals surface area contributed by atoms with Crippen LogP contribution in [0.15, 0.2) is 24.3 Å². The van der Waals surface area contributed by atoms with Crippen LogP contribution in [-0.4, -0.2) is 42.5 Å². The van der Waals surface area contributed by atoms with Gasteiger partial charge in [-0.05, 0) is 37.1 Å². The predicted octanol–water partition coefficient (Wildman–Crippen LogP) is 0.135. The van der Waals surface area contributed by atoms with Crippen LogP contribution in [0.2, 0.25) is 0 Å². The first-order chi connectivity index (χ1) is 11.5. The highest BCUT2D eigenvalue weighted by molar-refractivity contribution is 5.26. The maximum absolute atomic E-state index is 11.3. The fourth-order valence-corrected chi connectivity index (χ4v) is 6.55. The molecule has 4 nitrogen and oxygen atoms in total. The number of quaternary nitrogens is 2. The van der Waals surface area contributed by atoms with Gasteiger partial charge in [0.1, 0.15) is 5.75 Å². The van der Waals surface area contributed by atoms with Gasteiger partial charge in [-0.2, -0.15) is 0 Å². The van der Waals surface area contributed by atoms with Crippen LogP contribution in [0.1, 0.15) is 51.3 Å². The van der Waals surface area contributed by atoms with Gasteiger partial charge in [0, 0.05) is 0 Å². The fraction of sp³-hybridized carbons (Fsp3) is 0.700. The van der Waals surface area contributed by atoms with Crippen molar-refractivity contribution in [1.82, 2.24) is 0 Å². The average molecular weight is 332 g/mol. The summed E-state index contributed by atoms with van der Waals surface area (Å²) >= 11 is 0. The molecule has 1 aromatic carbocycles. The Bertz CT molecular complexity index is 558. The monoisotopic (exact) mass is 332 g/mol. The van der Waals surface area contributed by atoms with E-state index in [0.717, 1.165) is 51.9 Å². The molecule has 0 aliphatic carbocycles. The Morgan fingerprint density at radius 3 is 1.79 bits per heavy atom. The zero-order chi connectivity index (χ0) is 16.9. The number of aromatic hydroxyl groups is 1. The Morgan fingerprint density at radius 2 is 1.38 bits per heavy atom. The molecule has 1 aromatic rings. The summed E-state index contributed by atoms with van der Waals surface area (Å²) in [5.74, 6) is 0.345. The van der Waals surface area contributed by atoms with Crippen molar-refractivity contribution in [2.45, 2.75) is 51.8 Å². The number of phenols is 1. The lowest BCUT2D eigenvalue weighted by molar-refractivity contribution is -1.19. The molecule has 4 aliphatic heterocycles. The molecule has 4 heterocycles. The highest BCUT2D eigenvalue weighted by atomic mass is 16.3. The SMILES string of the molecule is CCCC12C[NH+]3CC(CCC)(C[NH+](C1)C3c1ccc(O)cc1)C2O. The minimum Gasteiger partial charge on any atom is -0.508 e. The molecule has 0 spiro atoms. The number of aliphatic hydroxyl groups excluding tert-OH is 1. The maximum atomic E-state index is 11.3. The first-order valence-corrected chi connectivity index (χ1v) is 9.70. The first-order valence-electron chi connectivity index (χ1n) is 9.70. The van der Waals surface area contributed by atoms with E-state index in [9.17, 15) is 10.2 Å². The number of benzene rings is 1. The van der Waals surface area contributed by atoms with Crippen molar-refractivity contribution in [2.24, 2.45) is 10.8 Å². The highest BCUT2D eigenvalue weighted by Gasteiger charge is 2.70. The second kappa shape index (κ2) is 5.72. The van der Waals surface area contributed by atoms with Gasteiger partial charge in [0.15, 0.2) is 0 Å². The lowest BCUT2D eigenvalue weighted by Gasteiger charge is -2.64. The van der Waals surface area contributed by atoms with Crippen LogP contribution in [0, 0.1) is 10.8 Å². The van der Waals surface area contributed by atoms with Crippen molar-refractivity contribution in [3.05, 3.63) is 29.8 Å². The molecule has 4 aliphatic rings. The summed E-state index contributed by atoms with van der Waals surface area (Å²) in [6.45, 7) is 8.91. The van der Waals surface area contributed by atoms with Gasteiger partial charge < -0.3 is 10.2 Å². The van der Waals surface area contributed by atoms with Crippen molar-refractivity contribution in [3.63, 3.8) is 0 Å². The standard InChI is InChI=1S/C20H30N2O2/c1-3-9-19-11-21-13-20(10-4-2,18(19)24)14-22(12-19)17(21)15-5-7-16(23)8-6-15/h5-8,17-18,23-24H,3-4,9-14H2,1-2H3/p+2. The molecule has 0 unspecified atom stereocenters. The van der Waals surface area contributed by atoms with Crippen molar-refractivity contribution < 1.29 is 20.0 Å². The smallest absolute Gasteiger partial charge is 0.240 e. The summed E-state index contributed by atoms with van der Waals surface area (Å²) in [6, 6.07) is 7.83. The Balaban J connectivity index is 1.70. The van der Waals surface area contributed by atoms with Gasteiger partial charge in [-0.1, -0.05) is 26.7 Å². The van der Waals surface area contributed by atoms with Crippen LogP contribution in [0.3, 0.4) is 0 Å². The van der Waals surface area contributed by atoms with Crippen molar-refractivity contribution in [1.29, 1.82) is 0 Å². The number of rotatable bonds is 5. The molecular weight excluding hydrogens is 300 g/mol. The maximum Gasteiger partial charge on any atom is 0.240 e. The molecule has 4 heteroatoms. The second-order valence-electron chi connectivity index (χ2n) is 8.68. The molecule has 5 rings (SSSR count). The van der Waals surface area contributed by atoms with E-state index in [1.807, 2.05) is 12.1 Å². The van der Waals surface area contributed by atoms with E-state index in [-0.39, 0.29) is 16.9 Å². The number of hydrogen-bond donors (Lipinski definition) is 4. The van der Waals surface area contributed by atoms with Gasteiger partial charge in [-0.3, -0.25) is 9.80 Å². The van der Waals surface area contributed by atoms with E-state index in [2.05, 4.69) is 26.0 Å². The van der Waals surface area contributed by atoms with Crippen molar-refractivity contribution in [3.8, 4) is 5.75 Å². The third-order valence-electron chi connectivity index (χ3n) is 7.02. The molecule has 132 valence electrons. The summed E-state index contributed by atoms with van der Waals surface area (Å²) in [7, 11) is 0. The third kappa shape index (κ3) is 2.23. The average Bonchev–Trinajstić information content (AvgIpc) is 2.54. The van der Waals surface area contributed by atoms with E-state index in [1.54, 1.807) is 9.80 Å². The van der Waals surface area contributed by atoms with E-state index < -0.39 is 0 Å². The zero-order valence-electron chi connectivity index (χ0n) is 15.0. The normalized spacial score (nSPS) is 43.3. The van der Waals surface area contributed by atoms with Crippen LogP contribution in [0.5, 0.6) is 5.75 Å². The molecule has 0 atom stereocenters. The molecule has 4 saturated heterocycles. The summed E-state index contributed by atoms with van der Waals surface area (Å²) in [4.78, 5) is 3.31. The zero-order valence-corrected chi connectivity index (χ0v) is 15.0. The summed E-state index contributed by atoms with van der Waals surface area (Å²) in [6.07, 6.45) is 4.95.